The number of carbonyl (C=O) groups excluding carboxylic acids is 1. The zero-order chi connectivity index (χ0) is 16.4. The van der Waals surface area contributed by atoms with Crippen molar-refractivity contribution in [1.29, 1.82) is 0 Å². The monoisotopic (exact) mass is 437 g/mol. The van der Waals surface area contributed by atoms with E-state index in [9.17, 15) is 4.79 Å². The Morgan fingerprint density at radius 2 is 2.22 bits per heavy atom. The van der Waals surface area contributed by atoms with Gasteiger partial charge in [0.2, 0.25) is 0 Å². The Kier molecular flexibility index (Phi) is 4.63. The van der Waals surface area contributed by atoms with E-state index in [0.29, 0.717) is 21.3 Å². The molecule has 0 atom stereocenters. The summed E-state index contributed by atoms with van der Waals surface area (Å²) >= 11 is 6.55. The smallest absolute Gasteiger partial charge is 0.277 e. The van der Waals surface area contributed by atoms with Gasteiger partial charge in [0.15, 0.2) is 5.69 Å². The Labute approximate surface area is 149 Å². The van der Waals surface area contributed by atoms with Crippen LogP contribution in [0.25, 0.3) is 0 Å². The molecule has 0 bridgehead atoms. The Morgan fingerprint density at radius 3 is 2.91 bits per heavy atom. The molecular formula is C15H13Br2N5O. The zero-order valence-corrected chi connectivity index (χ0v) is 15.3. The van der Waals surface area contributed by atoms with Crippen molar-refractivity contribution in [2.24, 2.45) is 0 Å². The summed E-state index contributed by atoms with van der Waals surface area (Å²) in [5, 5.41) is 13.7. The number of H-pyrrole nitrogens is 1. The SMILES string of the molecule is Cc1cccc(Cn2cc(NC(=O)c3n[nH]c(Br)c3Br)cn2)c1. The van der Waals surface area contributed by atoms with E-state index in [4.69, 9.17) is 0 Å². The lowest BCUT2D eigenvalue weighted by molar-refractivity contribution is 0.102. The van der Waals surface area contributed by atoms with Gasteiger partial charge in [0.25, 0.3) is 5.91 Å². The van der Waals surface area contributed by atoms with Gasteiger partial charge in [-0.15, -0.1) is 0 Å². The van der Waals surface area contributed by atoms with E-state index in [1.165, 1.54) is 5.56 Å². The van der Waals surface area contributed by atoms with Crippen LogP contribution >= 0.6 is 31.9 Å². The van der Waals surface area contributed by atoms with Crippen LogP contribution in [0.15, 0.2) is 45.7 Å². The minimum atomic E-state index is -0.311. The number of aryl methyl sites for hydroxylation is 1. The number of nitrogens with zero attached hydrogens (tertiary/aromatic N) is 3. The maximum Gasteiger partial charge on any atom is 0.277 e. The van der Waals surface area contributed by atoms with E-state index in [2.05, 4.69) is 71.5 Å². The first-order valence-corrected chi connectivity index (χ1v) is 8.40. The maximum atomic E-state index is 12.2. The second-order valence-corrected chi connectivity index (χ2v) is 6.66. The fourth-order valence-electron chi connectivity index (χ4n) is 2.16. The molecule has 0 spiro atoms. The average Bonchev–Trinajstić information content (AvgIpc) is 3.07. The van der Waals surface area contributed by atoms with Crippen molar-refractivity contribution >= 4 is 43.5 Å². The molecule has 23 heavy (non-hydrogen) atoms. The average molecular weight is 439 g/mol. The van der Waals surface area contributed by atoms with Crippen molar-refractivity contribution in [3.63, 3.8) is 0 Å². The Balaban J connectivity index is 1.70. The minimum Gasteiger partial charge on any atom is -0.318 e. The summed E-state index contributed by atoms with van der Waals surface area (Å²) in [6, 6.07) is 8.23. The lowest BCUT2D eigenvalue weighted by atomic mass is 10.1. The largest absolute Gasteiger partial charge is 0.318 e. The van der Waals surface area contributed by atoms with Gasteiger partial charge in [-0.05, 0) is 44.3 Å². The van der Waals surface area contributed by atoms with Crippen LogP contribution in [0.3, 0.4) is 0 Å². The van der Waals surface area contributed by atoms with E-state index in [1.54, 1.807) is 17.1 Å². The molecule has 1 amide bonds. The van der Waals surface area contributed by atoms with Crippen molar-refractivity contribution in [3.8, 4) is 0 Å². The van der Waals surface area contributed by atoms with E-state index in [1.807, 2.05) is 12.1 Å². The van der Waals surface area contributed by atoms with Gasteiger partial charge in [0.05, 0.1) is 22.9 Å². The fourth-order valence-corrected chi connectivity index (χ4v) is 2.79. The summed E-state index contributed by atoms with van der Waals surface area (Å²) in [6.45, 7) is 2.70. The molecule has 118 valence electrons. The fraction of sp³-hybridized carbons (Fsp3) is 0.133. The molecular weight excluding hydrogens is 426 g/mol. The van der Waals surface area contributed by atoms with Gasteiger partial charge < -0.3 is 5.32 Å². The summed E-state index contributed by atoms with van der Waals surface area (Å²) in [7, 11) is 0. The normalized spacial score (nSPS) is 10.7. The van der Waals surface area contributed by atoms with E-state index >= 15 is 0 Å². The number of halogens is 2. The molecule has 2 N–H and O–H groups in total. The number of rotatable bonds is 4. The van der Waals surface area contributed by atoms with Crippen LogP contribution < -0.4 is 5.32 Å². The molecule has 0 saturated heterocycles. The van der Waals surface area contributed by atoms with Gasteiger partial charge in [-0.1, -0.05) is 29.8 Å². The van der Waals surface area contributed by atoms with Crippen molar-refractivity contribution in [1.82, 2.24) is 20.0 Å². The van der Waals surface area contributed by atoms with E-state index in [0.717, 1.165) is 5.56 Å². The van der Waals surface area contributed by atoms with Gasteiger partial charge in [-0.2, -0.15) is 10.2 Å². The van der Waals surface area contributed by atoms with Crippen molar-refractivity contribution in [2.45, 2.75) is 13.5 Å². The molecule has 0 saturated carbocycles. The molecule has 0 aliphatic rings. The first-order chi connectivity index (χ1) is 11.0. The summed E-state index contributed by atoms with van der Waals surface area (Å²) in [4.78, 5) is 12.2. The molecule has 6 nitrogen and oxygen atoms in total. The third-order valence-electron chi connectivity index (χ3n) is 3.20. The third-order valence-corrected chi connectivity index (χ3v) is 5.08. The number of aromatic amines is 1. The molecule has 1 aromatic carbocycles. The predicted molar refractivity (Wildman–Crippen MR) is 94.4 cm³/mol. The lowest BCUT2D eigenvalue weighted by Gasteiger charge is -2.03. The number of benzene rings is 1. The lowest BCUT2D eigenvalue weighted by Crippen LogP contribution is -2.12. The molecule has 8 heteroatoms. The number of hydrogen-bond acceptors (Lipinski definition) is 3. The van der Waals surface area contributed by atoms with Crippen LogP contribution in [-0.2, 0) is 6.54 Å². The van der Waals surface area contributed by atoms with Gasteiger partial charge in [0.1, 0.15) is 4.60 Å². The van der Waals surface area contributed by atoms with E-state index < -0.39 is 0 Å². The number of carbonyl (C=O) groups is 1. The molecule has 0 aliphatic carbocycles. The van der Waals surface area contributed by atoms with Crippen LogP contribution in [0.2, 0.25) is 0 Å². The number of anilines is 1. The Hall–Kier alpha value is -1.93. The Bertz CT molecular complexity index is 855. The van der Waals surface area contributed by atoms with Crippen molar-refractivity contribution in [3.05, 3.63) is 62.6 Å². The summed E-state index contributed by atoms with van der Waals surface area (Å²) in [6.07, 6.45) is 3.40. The summed E-state index contributed by atoms with van der Waals surface area (Å²) in [5.41, 5.74) is 3.26. The highest BCUT2D eigenvalue weighted by Crippen LogP contribution is 2.24. The molecule has 3 aromatic rings. The number of aromatic nitrogens is 4. The molecule has 0 aliphatic heterocycles. The van der Waals surface area contributed by atoms with Gasteiger partial charge >= 0.3 is 0 Å². The standard InChI is InChI=1S/C15H13Br2N5O/c1-9-3-2-4-10(5-9)7-22-8-11(6-18-22)19-15(23)13-12(16)14(17)21-20-13/h2-6,8H,7H2,1H3,(H,19,23)(H,20,21). The first-order valence-electron chi connectivity index (χ1n) is 6.81. The van der Waals surface area contributed by atoms with Gasteiger partial charge in [-0.25, -0.2) is 0 Å². The van der Waals surface area contributed by atoms with Crippen molar-refractivity contribution in [2.75, 3.05) is 5.32 Å². The third kappa shape index (κ3) is 3.70. The molecule has 2 heterocycles. The molecule has 0 fully saturated rings. The number of nitrogens with one attached hydrogen (secondary N) is 2. The van der Waals surface area contributed by atoms with Crippen LogP contribution in [0.5, 0.6) is 0 Å². The topological polar surface area (TPSA) is 75.6 Å². The highest BCUT2D eigenvalue weighted by molar-refractivity contribution is 9.13. The van der Waals surface area contributed by atoms with Crippen LogP contribution in [0.4, 0.5) is 5.69 Å². The molecule has 2 aromatic heterocycles. The Morgan fingerprint density at radius 1 is 1.39 bits per heavy atom. The molecule has 0 unspecified atom stereocenters. The molecule has 0 radical (unpaired) electrons. The van der Waals surface area contributed by atoms with Gasteiger partial charge in [-0.3, -0.25) is 14.6 Å². The minimum absolute atomic E-state index is 0.281. The highest BCUT2D eigenvalue weighted by atomic mass is 79.9. The zero-order valence-electron chi connectivity index (χ0n) is 12.2. The second kappa shape index (κ2) is 6.67. The molecule has 3 rings (SSSR count). The maximum absolute atomic E-state index is 12.2. The van der Waals surface area contributed by atoms with Gasteiger partial charge in [0, 0.05) is 6.20 Å². The summed E-state index contributed by atoms with van der Waals surface area (Å²) < 4.78 is 2.99. The van der Waals surface area contributed by atoms with E-state index in [-0.39, 0.29) is 11.6 Å². The van der Waals surface area contributed by atoms with Crippen LogP contribution in [-0.4, -0.2) is 25.9 Å². The quantitative estimate of drug-likeness (QED) is 0.651. The van der Waals surface area contributed by atoms with Crippen LogP contribution in [0, 0.1) is 6.92 Å². The number of amides is 1. The highest BCUT2D eigenvalue weighted by Gasteiger charge is 2.17. The van der Waals surface area contributed by atoms with Crippen molar-refractivity contribution < 1.29 is 4.79 Å². The second-order valence-electron chi connectivity index (χ2n) is 5.07. The predicted octanol–water partition coefficient (Wildman–Crippen LogP) is 3.74. The first kappa shape index (κ1) is 15.9. The number of hydrogen-bond donors (Lipinski definition) is 2. The van der Waals surface area contributed by atoms with Crippen LogP contribution in [0.1, 0.15) is 21.6 Å². The summed E-state index contributed by atoms with van der Waals surface area (Å²) in [5.74, 6) is -0.311.